The van der Waals surface area contributed by atoms with Crippen LogP contribution >= 0.6 is 24.0 Å². The van der Waals surface area contributed by atoms with E-state index in [-0.39, 0.29) is 29.9 Å². The third kappa shape index (κ3) is 4.79. The Labute approximate surface area is 141 Å². The zero-order chi connectivity index (χ0) is 14.5. The molecule has 1 aliphatic rings. The SMILES string of the molecule is CN=C(NCC(C)c1ccc(F)cc1F)N1CCCC1.I. The smallest absolute Gasteiger partial charge is 0.193 e. The van der Waals surface area contributed by atoms with Gasteiger partial charge < -0.3 is 10.2 Å². The lowest BCUT2D eigenvalue weighted by Gasteiger charge is -2.23. The molecule has 0 aliphatic carbocycles. The summed E-state index contributed by atoms with van der Waals surface area (Å²) in [6.07, 6.45) is 2.37. The van der Waals surface area contributed by atoms with Crippen molar-refractivity contribution in [1.29, 1.82) is 0 Å². The van der Waals surface area contributed by atoms with Gasteiger partial charge in [0.25, 0.3) is 0 Å². The van der Waals surface area contributed by atoms with Gasteiger partial charge in [-0.05, 0) is 24.5 Å². The molecule has 0 aromatic heterocycles. The molecule has 2 rings (SSSR count). The molecule has 1 unspecified atom stereocenters. The van der Waals surface area contributed by atoms with Gasteiger partial charge >= 0.3 is 0 Å². The third-order valence-electron chi connectivity index (χ3n) is 3.68. The standard InChI is InChI=1S/C15H21F2N3.HI/c1-11(13-6-5-12(16)9-14(13)17)10-19-15(18-2)20-7-3-4-8-20;/h5-6,9,11H,3-4,7-8,10H2,1-2H3,(H,18,19);1H. The van der Waals surface area contributed by atoms with Crippen LogP contribution in [-0.4, -0.2) is 37.5 Å². The van der Waals surface area contributed by atoms with Crippen molar-refractivity contribution in [2.24, 2.45) is 4.99 Å². The maximum absolute atomic E-state index is 13.7. The Bertz CT molecular complexity index is 488. The number of hydrogen-bond acceptors (Lipinski definition) is 1. The van der Waals surface area contributed by atoms with Gasteiger partial charge in [-0.15, -0.1) is 24.0 Å². The van der Waals surface area contributed by atoms with Crippen LogP contribution in [0.2, 0.25) is 0 Å². The fraction of sp³-hybridized carbons (Fsp3) is 0.533. The van der Waals surface area contributed by atoms with Crippen molar-refractivity contribution in [1.82, 2.24) is 10.2 Å². The number of likely N-dealkylation sites (tertiary alicyclic amines) is 1. The first-order valence-corrected chi connectivity index (χ1v) is 7.02. The summed E-state index contributed by atoms with van der Waals surface area (Å²) in [6.45, 7) is 4.52. The number of aliphatic imine (C=N–C) groups is 1. The topological polar surface area (TPSA) is 27.6 Å². The van der Waals surface area contributed by atoms with E-state index >= 15 is 0 Å². The Morgan fingerprint density at radius 3 is 2.57 bits per heavy atom. The second-order valence-electron chi connectivity index (χ2n) is 5.19. The number of nitrogens with zero attached hydrogens (tertiary/aromatic N) is 2. The van der Waals surface area contributed by atoms with Gasteiger partial charge in [0.2, 0.25) is 0 Å². The minimum Gasteiger partial charge on any atom is -0.356 e. The zero-order valence-corrected chi connectivity index (χ0v) is 14.7. The fourth-order valence-electron chi connectivity index (χ4n) is 2.52. The summed E-state index contributed by atoms with van der Waals surface area (Å²) in [5, 5.41) is 3.27. The molecule has 1 N–H and O–H groups in total. The summed E-state index contributed by atoms with van der Waals surface area (Å²) in [7, 11) is 1.75. The first kappa shape index (κ1) is 18.1. The van der Waals surface area contributed by atoms with E-state index in [9.17, 15) is 8.78 Å². The van der Waals surface area contributed by atoms with Crippen LogP contribution in [0, 0.1) is 11.6 Å². The van der Waals surface area contributed by atoms with Crippen molar-refractivity contribution >= 4 is 29.9 Å². The summed E-state index contributed by atoms with van der Waals surface area (Å²) >= 11 is 0. The third-order valence-corrected chi connectivity index (χ3v) is 3.68. The molecule has 21 heavy (non-hydrogen) atoms. The molecule has 1 aliphatic heterocycles. The molecule has 6 heteroatoms. The number of hydrogen-bond donors (Lipinski definition) is 1. The zero-order valence-electron chi connectivity index (χ0n) is 12.4. The molecule has 0 radical (unpaired) electrons. The molecule has 0 saturated carbocycles. The van der Waals surface area contributed by atoms with Crippen LogP contribution in [0.5, 0.6) is 0 Å². The largest absolute Gasteiger partial charge is 0.356 e. The highest BCUT2D eigenvalue weighted by Gasteiger charge is 2.17. The van der Waals surface area contributed by atoms with Gasteiger partial charge in [0, 0.05) is 38.7 Å². The molecule has 118 valence electrons. The molecule has 1 aromatic carbocycles. The Morgan fingerprint density at radius 1 is 1.33 bits per heavy atom. The van der Waals surface area contributed by atoms with Crippen LogP contribution in [0.1, 0.15) is 31.2 Å². The lowest BCUT2D eigenvalue weighted by atomic mass is 10.0. The van der Waals surface area contributed by atoms with E-state index in [1.54, 1.807) is 7.05 Å². The van der Waals surface area contributed by atoms with E-state index in [0.29, 0.717) is 12.1 Å². The Hall–Kier alpha value is -0.920. The Morgan fingerprint density at radius 2 is 2.00 bits per heavy atom. The number of halogens is 3. The molecular formula is C15H22F2IN3. The minimum absolute atomic E-state index is 0. The Balaban J connectivity index is 0.00000220. The van der Waals surface area contributed by atoms with Crippen molar-refractivity contribution in [3.8, 4) is 0 Å². The second kappa shape index (κ2) is 8.51. The molecule has 1 atom stereocenters. The van der Waals surface area contributed by atoms with Crippen molar-refractivity contribution in [3.05, 3.63) is 35.4 Å². The quantitative estimate of drug-likeness (QED) is 0.471. The first-order valence-electron chi connectivity index (χ1n) is 7.02. The normalized spacial score (nSPS) is 16.6. The minimum atomic E-state index is -0.542. The molecule has 1 aromatic rings. The van der Waals surface area contributed by atoms with E-state index < -0.39 is 11.6 Å². The maximum Gasteiger partial charge on any atom is 0.193 e. The summed E-state index contributed by atoms with van der Waals surface area (Å²) in [6, 6.07) is 3.74. The highest BCUT2D eigenvalue weighted by atomic mass is 127. The van der Waals surface area contributed by atoms with Crippen molar-refractivity contribution < 1.29 is 8.78 Å². The lowest BCUT2D eigenvalue weighted by Crippen LogP contribution is -2.41. The predicted octanol–water partition coefficient (Wildman–Crippen LogP) is 3.36. The van der Waals surface area contributed by atoms with Gasteiger partial charge in [0.05, 0.1) is 0 Å². The maximum atomic E-state index is 13.7. The van der Waals surface area contributed by atoms with E-state index in [4.69, 9.17) is 0 Å². The number of nitrogens with one attached hydrogen (secondary N) is 1. The van der Waals surface area contributed by atoms with Gasteiger partial charge in [-0.1, -0.05) is 13.0 Å². The van der Waals surface area contributed by atoms with Crippen LogP contribution in [0.4, 0.5) is 8.78 Å². The highest BCUT2D eigenvalue weighted by Crippen LogP contribution is 2.19. The van der Waals surface area contributed by atoms with E-state index in [1.807, 2.05) is 6.92 Å². The predicted molar refractivity (Wildman–Crippen MR) is 92.4 cm³/mol. The molecule has 1 heterocycles. The van der Waals surface area contributed by atoms with Gasteiger partial charge in [0.1, 0.15) is 11.6 Å². The second-order valence-corrected chi connectivity index (χ2v) is 5.19. The van der Waals surface area contributed by atoms with E-state index in [1.165, 1.54) is 25.0 Å². The molecule has 1 saturated heterocycles. The van der Waals surface area contributed by atoms with E-state index in [2.05, 4.69) is 15.2 Å². The fourth-order valence-corrected chi connectivity index (χ4v) is 2.52. The van der Waals surface area contributed by atoms with Gasteiger partial charge in [-0.25, -0.2) is 8.78 Å². The van der Waals surface area contributed by atoms with Gasteiger partial charge in [0.15, 0.2) is 5.96 Å². The van der Waals surface area contributed by atoms with Crippen LogP contribution in [-0.2, 0) is 0 Å². The number of benzene rings is 1. The summed E-state index contributed by atoms with van der Waals surface area (Å²) in [5.41, 5.74) is 0.524. The molecule has 0 spiro atoms. The molecule has 0 bridgehead atoms. The van der Waals surface area contributed by atoms with Crippen molar-refractivity contribution in [3.63, 3.8) is 0 Å². The molecule has 3 nitrogen and oxygen atoms in total. The number of rotatable bonds is 3. The van der Waals surface area contributed by atoms with E-state index in [0.717, 1.165) is 25.1 Å². The van der Waals surface area contributed by atoms with Crippen molar-refractivity contribution in [2.75, 3.05) is 26.7 Å². The average Bonchev–Trinajstić information content (AvgIpc) is 2.93. The molecule has 0 amide bonds. The highest BCUT2D eigenvalue weighted by molar-refractivity contribution is 14.0. The summed E-state index contributed by atoms with van der Waals surface area (Å²) in [4.78, 5) is 6.45. The van der Waals surface area contributed by atoms with Crippen molar-refractivity contribution in [2.45, 2.75) is 25.7 Å². The summed E-state index contributed by atoms with van der Waals surface area (Å²) in [5.74, 6) is -0.221. The van der Waals surface area contributed by atoms with Crippen LogP contribution in [0.15, 0.2) is 23.2 Å². The van der Waals surface area contributed by atoms with Crippen LogP contribution in [0.3, 0.4) is 0 Å². The average molecular weight is 409 g/mol. The van der Waals surface area contributed by atoms with Crippen LogP contribution in [0.25, 0.3) is 0 Å². The van der Waals surface area contributed by atoms with Gasteiger partial charge in [-0.2, -0.15) is 0 Å². The van der Waals surface area contributed by atoms with Gasteiger partial charge in [-0.3, -0.25) is 4.99 Å². The lowest BCUT2D eigenvalue weighted by molar-refractivity contribution is 0.487. The Kier molecular flexibility index (Phi) is 7.34. The first-order chi connectivity index (χ1) is 9.61. The molecular weight excluding hydrogens is 387 g/mol. The summed E-state index contributed by atoms with van der Waals surface area (Å²) < 4.78 is 26.6. The van der Waals surface area contributed by atoms with Crippen LogP contribution < -0.4 is 5.32 Å². The monoisotopic (exact) mass is 409 g/mol. The number of guanidine groups is 1. The molecule has 1 fully saturated rings.